The van der Waals surface area contributed by atoms with Crippen LogP contribution in [-0.2, 0) is 0 Å². The van der Waals surface area contributed by atoms with Gasteiger partial charge in [-0.25, -0.2) is 0 Å². The molecule has 0 fully saturated rings. The minimum absolute atomic E-state index is 0.503. The zero-order chi connectivity index (χ0) is 11.8. The second kappa shape index (κ2) is 6.74. The summed E-state index contributed by atoms with van der Waals surface area (Å²) in [5.74, 6) is 0. The van der Waals surface area contributed by atoms with E-state index in [0.717, 1.165) is 11.1 Å². The molecule has 4 heteroatoms. The van der Waals surface area contributed by atoms with E-state index in [1.54, 1.807) is 13.3 Å². The largest absolute Gasteiger partial charge is 0.364 e. The summed E-state index contributed by atoms with van der Waals surface area (Å²) in [6, 6.07) is 10.1. The van der Waals surface area contributed by atoms with Gasteiger partial charge in [-0.1, -0.05) is 36.4 Å². The first kappa shape index (κ1) is 12.4. The van der Waals surface area contributed by atoms with Crippen molar-refractivity contribution in [3.63, 3.8) is 0 Å². The van der Waals surface area contributed by atoms with Gasteiger partial charge >= 0.3 is 0 Å². The molecule has 0 atom stereocenters. The second-order valence-electron chi connectivity index (χ2n) is 3.25. The molecule has 0 bridgehead atoms. The molecule has 0 amide bonds. The summed E-state index contributed by atoms with van der Waals surface area (Å²) in [6.07, 6.45) is 3.78. The Balaban J connectivity index is 2.55. The Hall–Kier alpha value is -1.68. The third-order valence-electron chi connectivity index (χ3n) is 1.86. The highest BCUT2D eigenvalue weighted by Crippen LogP contribution is 2.04. The minimum atomic E-state index is 0.503. The molecule has 0 heterocycles. The number of nitrogens with zero attached hydrogens (tertiary/aromatic N) is 1. The Labute approximate surface area is 101 Å². The molecule has 0 aliphatic rings. The highest BCUT2D eigenvalue weighted by atomic mass is 32.1. The van der Waals surface area contributed by atoms with Crippen molar-refractivity contribution in [1.82, 2.24) is 10.7 Å². The van der Waals surface area contributed by atoms with Crippen molar-refractivity contribution < 1.29 is 0 Å². The van der Waals surface area contributed by atoms with Gasteiger partial charge in [-0.3, -0.25) is 5.43 Å². The monoisotopic (exact) mass is 233 g/mol. The number of rotatable bonds is 3. The molecule has 0 unspecified atom stereocenters. The Kier molecular flexibility index (Phi) is 5.22. The fourth-order valence-corrected chi connectivity index (χ4v) is 1.15. The first-order valence-corrected chi connectivity index (χ1v) is 5.37. The predicted molar refractivity (Wildman–Crippen MR) is 73.4 cm³/mol. The molecule has 1 aromatic carbocycles. The molecule has 0 aliphatic heterocycles. The number of hydrogen-bond donors (Lipinski definition) is 2. The molecule has 0 radical (unpaired) electrons. The van der Waals surface area contributed by atoms with Gasteiger partial charge in [-0.2, -0.15) is 5.10 Å². The summed E-state index contributed by atoms with van der Waals surface area (Å²) >= 11 is 4.88. The Morgan fingerprint density at radius 2 is 2.00 bits per heavy atom. The number of thiocarbonyl (C=S) groups is 1. The highest BCUT2D eigenvalue weighted by molar-refractivity contribution is 7.80. The van der Waals surface area contributed by atoms with Crippen LogP contribution in [0.4, 0.5) is 0 Å². The topological polar surface area (TPSA) is 36.4 Å². The molecule has 1 rings (SSSR count). The first-order chi connectivity index (χ1) is 7.72. The maximum atomic E-state index is 4.88. The van der Waals surface area contributed by atoms with Crippen molar-refractivity contribution in [2.24, 2.45) is 5.10 Å². The first-order valence-electron chi connectivity index (χ1n) is 4.96. The van der Waals surface area contributed by atoms with E-state index < -0.39 is 0 Å². The van der Waals surface area contributed by atoms with Gasteiger partial charge in [0.1, 0.15) is 0 Å². The van der Waals surface area contributed by atoms with Crippen LogP contribution in [0.15, 0.2) is 41.0 Å². The van der Waals surface area contributed by atoms with E-state index in [4.69, 9.17) is 12.2 Å². The summed E-state index contributed by atoms with van der Waals surface area (Å²) in [4.78, 5) is 0. The van der Waals surface area contributed by atoms with Crippen LogP contribution in [0.3, 0.4) is 0 Å². The van der Waals surface area contributed by atoms with Crippen molar-refractivity contribution in [1.29, 1.82) is 0 Å². The molecule has 1 aromatic rings. The van der Waals surface area contributed by atoms with E-state index in [1.165, 1.54) is 0 Å². The van der Waals surface area contributed by atoms with Crippen molar-refractivity contribution >= 4 is 29.6 Å². The average Bonchev–Trinajstić information content (AvgIpc) is 2.30. The van der Waals surface area contributed by atoms with Crippen LogP contribution in [-0.4, -0.2) is 18.4 Å². The zero-order valence-corrected chi connectivity index (χ0v) is 10.2. The van der Waals surface area contributed by atoms with Crippen molar-refractivity contribution in [3.05, 3.63) is 41.5 Å². The highest BCUT2D eigenvalue weighted by Gasteiger charge is 1.88. The smallest absolute Gasteiger partial charge is 0.186 e. The van der Waals surface area contributed by atoms with E-state index in [9.17, 15) is 0 Å². The molecule has 16 heavy (non-hydrogen) atoms. The van der Waals surface area contributed by atoms with Gasteiger partial charge < -0.3 is 5.32 Å². The van der Waals surface area contributed by atoms with E-state index in [1.807, 2.05) is 43.3 Å². The van der Waals surface area contributed by atoms with Gasteiger partial charge in [0.05, 0.1) is 6.21 Å². The van der Waals surface area contributed by atoms with Crippen LogP contribution >= 0.6 is 12.2 Å². The molecule has 0 spiro atoms. The van der Waals surface area contributed by atoms with Gasteiger partial charge in [0.15, 0.2) is 5.11 Å². The van der Waals surface area contributed by atoms with E-state index >= 15 is 0 Å². The Morgan fingerprint density at radius 1 is 1.31 bits per heavy atom. The van der Waals surface area contributed by atoms with Gasteiger partial charge in [0, 0.05) is 7.05 Å². The summed E-state index contributed by atoms with van der Waals surface area (Å²) in [5.41, 5.74) is 4.91. The molecule has 0 aromatic heterocycles. The lowest BCUT2D eigenvalue weighted by atomic mass is 10.1. The van der Waals surface area contributed by atoms with Gasteiger partial charge in [-0.15, -0.1) is 0 Å². The maximum absolute atomic E-state index is 4.88. The fraction of sp³-hybridized carbons (Fsp3) is 0.167. The lowest BCUT2D eigenvalue weighted by Crippen LogP contribution is -2.28. The number of benzene rings is 1. The maximum Gasteiger partial charge on any atom is 0.186 e. The molecule has 3 nitrogen and oxygen atoms in total. The van der Waals surface area contributed by atoms with E-state index in [0.29, 0.717) is 5.11 Å². The number of hydrogen-bond acceptors (Lipinski definition) is 2. The van der Waals surface area contributed by atoms with Crippen molar-refractivity contribution in [2.75, 3.05) is 7.05 Å². The zero-order valence-electron chi connectivity index (χ0n) is 9.40. The second-order valence-corrected chi connectivity index (χ2v) is 3.66. The predicted octanol–water partition coefficient (Wildman–Crippen LogP) is 2.17. The minimum Gasteiger partial charge on any atom is -0.364 e. The summed E-state index contributed by atoms with van der Waals surface area (Å²) < 4.78 is 0. The third kappa shape index (κ3) is 4.70. The molecule has 0 saturated carbocycles. The quantitative estimate of drug-likeness (QED) is 0.477. The summed E-state index contributed by atoms with van der Waals surface area (Å²) in [6.45, 7) is 1.99. The van der Waals surface area contributed by atoms with Gasteiger partial charge in [0.2, 0.25) is 0 Å². The molecular formula is C12H15N3S. The number of hydrazone groups is 1. The molecule has 0 aliphatic carbocycles. The van der Waals surface area contributed by atoms with Crippen molar-refractivity contribution in [3.8, 4) is 0 Å². The molecule has 2 N–H and O–H groups in total. The summed E-state index contributed by atoms with van der Waals surface area (Å²) in [7, 11) is 1.75. The van der Waals surface area contributed by atoms with Gasteiger partial charge in [0.25, 0.3) is 0 Å². The van der Waals surface area contributed by atoms with E-state index in [2.05, 4.69) is 15.8 Å². The third-order valence-corrected chi connectivity index (χ3v) is 2.15. The van der Waals surface area contributed by atoms with Crippen LogP contribution in [0, 0.1) is 0 Å². The normalized spacial score (nSPS) is 11.5. The Bertz CT molecular complexity index is 396. The van der Waals surface area contributed by atoms with Crippen molar-refractivity contribution in [2.45, 2.75) is 6.92 Å². The molecule has 84 valence electrons. The molecular weight excluding hydrogens is 218 g/mol. The molecule has 0 saturated heterocycles. The number of nitrogens with one attached hydrogen (secondary N) is 2. The SMILES string of the molecule is CNC(=S)N/N=C\C(C)=C\c1ccccc1. The van der Waals surface area contributed by atoms with Gasteiger partial charge in [-0.05, 0) is 30.3 Å². The van der Waals surface area contributed by atoms with Crippen LogP contribution in [0.1, 0.15) is 12.5 Å². The standard InChI is InChI=1S/C12H15N3S/c1-10(9-14-15-12(16)13-2)8-11-6-4-3-5-7-11/h3-9H,1-2H3,(H2,13,15,16)/b10-8+,14-9-. The number of allylic oxidation sites excluding steroid dienone is 1. The van der Waals surface area contributed by atoms with Crippen LogP contribution in [0.25, 0.3) is 6.08 Å². The lowest BCUT2D eigenvalue weighted by Gasteiger charge is -1.99. The van der Waals surface area contributed by atoms with Crippen LogP contribution in [0.2, 0.25) is 0 Å². The van der Waals surface area contributed by atoms with Crippen LogP contribution < -0.4 is 10.7 Å². The Morgan fingerprint density at radius 3 is 2.62 bits per heavy atom. The average molecular weight is 233 g/mol. The summed E-state index contributed by atoms with van der Waals surface area (Å²) in [5, 5.41) is 7.27. The fourth-order valence-electron chi connectivity index (χ4n) is 1.10. The lowest BCUT2D eigenvalue weighted by molar-refractivity contribution is 0.981. The van der Waals surface area contributed by atoms with Crippen LogP contribution in [0.5, 0.6) is 0 Å². The van der Waals surface area contributed by atoms with E-state index in [-0.39, 0.29) is 0 Å².